The second-order valence-electron chi connectivity index (χ2n) is 5.38. The molecule has 104 valence electrons. The van der Waals surface area contributed by atoms with E-state index in [1.807, 2.05) is 36.4 Å². The zero-order valence-corrected chi connectivity index (χ0v) is 11.5. The molecule has 1 fully saturated rings. The van der Waals surface area contributed by atoms with E-state index in [1.165, 1.54) is 0 Å². The van der Waals surface area contributed by atoms with E-state index in [0.717, 1.165) is 36.6 Å². The number of carbonyl (C=O) groups is 1. The third-order valence-electron chi connectivity index (χ3n) is 3.94. The van der Waals surface area contributed by atoms with Crippen LogP contribution in [0.4, 0.5) is 5.69 Å². The largest absolute Gasteiger partial charge is 0.398 e. The monoisotopic (exact) mass is 269 g/mol. The first kappa shape index (κ1) is 13.1. The number of Topliss-reactive ketones (excluding diaryl/α,β-unsaturated/α-hetero) is 1. The van der Waals surface area contributed by atoms with Gasteiger partial charge in [-0.3, -0.25) is 4.79 Å². The molecule has 20 heavy (non-hydrogen) atoms. The quantitative estimate of drug-likeness (QED) is 0.682. The summed E-state index contributed by atoms with van der Waals surface area (Å²) in [4.78, 5) is 12.3. The van der Waals surface area contributed by atoms with Gasteiger partial charge in [-0.05, 0) is 42.2 Å². The average Bonchev–Trinajstić information content (AvgIpc) is 2.97. The van der Waals surface area contributed by atoms with Gasteiger partial charge in [-0.1, -0.05) is 24.3 Å². The van der Waals surface area contributed by atoms with E-state index < -0.39 is 0 Å². The Kier molecular flexibility index (Phi) is 3.70. The van der Waals surface area contributed by atoms with Gasteiger partial charge in [0.1, 0.15) is 0 Å². The van der Waals surface area contributed by atoms with Gasteiger partial charge in [0.15, 0.2) is 5.78 Å². The van der Waals surface area contributed by atoms with Crippen LogP contribution in [0.15, 0.2) is 36.4 Å². The fourth-order valence-corrected chi connectivity index (χ4v) is 2.80. The van der Waals surface area contributed by atoms with Crippen molar-refractivity contribution in [3.8, 4) is 0 Å². The second kappa shape index (κ2) is 5.63. The summed E-state index contributed by atoms with van der Waals surface area (Å²) in [6.07, 6.45) is 3.73. The van der Waals surface area contributed by atoms with Gasteiger partial charge in [-0.2, -0.15) is 0 Å². The summed E-state index contributed by atoms with van der Waals surface area (Å²) in [7, 11) is 0. The maximum atomic E-state index is 12.3. The Morgan fingerprint density at radius 2 is 2.00 bits per heavy atom. The van der Waals surface area contributed by atoms with Gasteiger partial charge in [0, 0.05) is 24.3 Å². The van der Waals surface area contributed by atoms with Crippen molar-refractivity contribution in [1.29, 1.82) is 0 Å². The Morgan fingerprint density at radius 1 is 1.25 bits per heavy atom. The predicted octanol–water partition coefficient (Wildman–Crippen LogP) is 3.56. The molecule has 0 bridgehead atoms. The summed E-state index contributed by atoms with van der Waals surface area (Å²) in [6.45, 7) is 0.830. The molecule has 1 unspecified atom stereocenters. The van der Waals surface area contributed by atoms with E-state index in [4.69, 9.17) is 10.5 Å². The van der Waals surface area contributed by atoms with Gasteiger partial charge in [0.05, 0.1) is 6.10 Å². The summed E-state index contributed by atoms with van der Waals surface area (Å²) in [5, 5.41) is 2.13. The summed E-state index contributed by atoms with van der Waals surface area (Å²) >= 11 is 0. The number of anilines is 1. The summed E-state index contributed by atoms with van der Waals surface area (Å²) in [5.74, 6) is 0.115. The molecule has 2 N–H and O–H groups in total. The molecule has 1 aliphatic heterocycles. The molecular weight excluding hydrogens is 250 g/mol. The molecule has 1 heterocycles. The number of nitrogens with two attached hydrogens (primary N) is 1. The molecule has 1 saturated heterocycles. The van der Waals surface area contributed by atoms with Gasteiger partial charge in [-0.15, -0.1) is 0 Å². The lowest BCUT2D eigenvalue weighted by Crippen LogP contribution is -2.10. The SMILES string of the molecule is Nc1cc2ccccc2cc1C(=O)CCC1CCCO1. The Hall–Kier alpha value is -1.87. The number of hydrogen-bond donors (Lipinski definition) is 1. The highest BCUT2D eigenvalue weighted by atomic mass is 16.5. The fraction of sp³-hybridized carbons (Fsp3) is 0.353. The van der Waals surface area contributed by atoms with Crippen molar-refractivity contribution in [2.24, 2.45) is 0 Å². The van der Waals surface area contributed by atoms with Gasteiger partial charge in [0.25, 0.3) is 0 Å². The number of fused-ring (bicyclic) bond motifs is 1. The van der Waals surface area contributed by atoms with Crippen LogP contribution in [-0.2, 0) is 4.74 Å². The number of benzene rings is 2. The van der Waals surface area contributed by atoms with Crippen molar-refractivity contribution in [3.05, 3.63) is 42.0 Å². The number of ether oxygens (including phenoxy) is 1. The summed E-state index contributed by atoms with van der Waals surface area (Å²) in [5.41, 5.74) is 7.23. The zero-order chi connectivity index (χ0) is 13.9. The number of carbonyl (C=O) groups excluding carboxylic acids is 1. The van der Waals surface area contributed by atoms with Gasteiger partial charge in [-0.25, -0.2) is 0 Å². The van der Waals surface area contributed by atoms with Crippen molar-refractivity contribution in [1.82, 2.24) is 0 Å². The molecule has 1 atom stereocenters. The molecule has 0 aromatic heterocycles. The summed E-state index contributed by atoms with van der Waals surface area (Å²) in [6, 6.07) is 11.7. The first-order valence-corrected chi connectivity index (χ1v) is 7.17. The third kappa shape index (κ3) is 2.68. The van der Waals surface area contributed by atoms with Crippen molar-refractivity contribution < 1.29 is 9.53 Å². The molecule has 3 nitrogen and oxygen atoms in total. The Bertz CT molecular complexity index is 630. The van der Waals surface area contributed by atoms with Crippen LogP contribution in [0.25, 0.3) is 10.8 Å². The highest BCUT2D eigenvalue weighted by Gasteiger charge is 2.18. The Morgan fingerprint density at radius 3 is 2.70 bits per heavy atom. The first-order chi connectivity index (χ1) is 9.74. The maximum absolute atomic E-state index is 12.3. The van der Waals surface area contributed by atoms with Crippen LogP contribution in [0.5, 0.6) is 0 Å². The highest BCUT2D eigenvalue weighted by molar-refractivity contribution is 6.05. The van der Waals surface area contributed by atoms with E-state index in [-0.39, 0.29) is 11.9 Å². The van der Waals surface area contributed by atoms with E-state index in [0.29, 0.717) is 17.7 Å². The molecular formula is C17H19NO2. The van der Waals surface area contributed by atoms with Crippen molar-refractivity contribution in [2.45, 2.75) is 31.8 Å². The molecule has 3 rings (SSSR count). The number of nitrogen functional groups attached to an aromatic ring is 1. The van der Waals surface area contributed by atoms with Crippen LogP contribution in [0.2, 0.25) is 0 Å². The van der Waals surface area contributed by atoms with Crippen molar-refractivity contribution in [3.63, 3.8) is 0 Å². The second-order valence-corrected chi connectivity index (χ2v) is 5.38. The molecule has 1 aliphatic rings. The fourth-order valence-electron chi connectivity index (χ4n) is 2.80. The zero-order valence-electron chi connectivity index (χ0n) is 11.5. The summed E-state index contributed by atoms with van der Waals surface area (Å²) < 4.78 is 5.56. The smallest absolute Gasteiger partial charge is 0.165 e. The maximum Gasteiger partial charge on any atom is 0.165 e. The van der Waals surface area contributed by atoms with Crippen LogP contribution in [-0.4, -0.2) is 18.5 Å². The number of rotatable bonds is 4. The minimum absolute atomic E-state index is 0.115. The van der Waals surface area contributed by atoms with E-state index >= 15 is 0 Å². The van der Waals surface area contributed by atoms with Crippen LogP contribution >= 0.6 is 0 Å². The Balaban J connectivity index is 1.77. The lowest BCUT2D eigenvalue weighted by atomic mass is 9.98. The van der Waals surface area contributed by atoms with E-state index in [1.54, 1.807) is 0 Å². The molecule has 2 aromatic rings. The van der Waals surface area contributed by atoms with Crippen LogP contribution < -0.4 is 5.73 Å². The molecule has 0 spiro atoms. The van der Waals surface area contributed by atoms with Crippen LogP contribution in [0, 0.1) is 0 Å². The molecule has 2 aromatic carbocycles. The van der Waals surface area contributed by atoms with Crippen LogP contribution in [0.1, 0.15) is 36.0 Å². The number of hydrogen-bond acceptors (Lipinski definition) is 3. The van der Waals surface area contributed by atoms with Gasteiger partial charge in [0.2, 0.25) is 0 Å². The molecule has 0 amide bonds. The minimum Gasteiger partial charge on any atom is -0.398 e. The standard InChI is InChI=1S/C17H19NO2/c18-16-11-13-5-2-1-4-12(13)10-15(16)17(19)8-7-14-6-3-9-20-14/h1-2,4-5,10-11,14H,3,6-9,18H2. The topological polar surface area (TPSA) is 52.3 Å². The van der Waals surface area contributed by atoms with E-state index in [2.05, 4.69) is 0 Å². The molecule has 0 radical (unpaired) electrons. The normalized spacial score (nSPS) is 18.5. The minimum atomic E-state index is 0.115. The average molecular weight is 269 g/mol. The van der Waals surface area contributed by atoms with Crippen LogP contribution in [0.3, 0.4) is 0 Å². The van der Waals surface area contributed by atoms with Crippen molar-refractivity contribution in [2.75, 3.05) is 12.3 Å². The van der Waals surface area contributed by atoms with Crippen molar-refractivity contribution >= 4 is 22.2 Å². The first-order valence-electron chi connectivity index (χ1n) is 7.17. The van der Waals surface area contributed by atoms with Gasteiger partial charge < -0.3 is 10.5 Å². The highest BCUT2D eigenvalue weighted by Crippen LogP contribution is 2.24. The Labute approximate surface area is 118 Å². The predicted molar refractivity (Wildman–Crippen MR) is 80.9 cm³/mol. The molecule has 3 heteroatoms. The lowest BCUT2D eigenvalue weighted by molar-refractivity contribution is 0.0860. The van der Waals surface area contributed by atoms with Gasteiger partial charge >= 0.3 is 0 Å². The third-order valence-corrected chi connectivity index (χ3v) is 3.94. The van der Waals surface area contributed by atoms with E-state index in [9.17, 15) is 4.79 Å². The number of ketones is 1. The molecule has 0 saturated carbocycles. The molecule has 0 aliphatic carbocycles. The lowest BCUT2D eigenvalue weighted by Gasteiger charge is -2.10.